The van der Waals surface area contributed by atoms with Crippen molar-refractivity contribution in [1.82, 2.24) is 0 Å². The Balaban J connectivity index is 1.49. The van der Waals surface area contributed by atoms with E-state index >= 15 is 0 Å². The van der Waals surface area contributed by atoms with Crippen molar-refractivity contribution in [2.45, 2.75) is 17.6 Å². The second kappa shape index (κ2) is 5.01. The third-order valence-electron chi connectivity index (χ3n) is 7.76. The lowest BCUT2D eigenvalue weighted by Crippen LogP contribution is -2.38. The summed E-state index contributed by atoms with van der Waals surface area (Å²) in [6.07, 6.45) is 16.7. The first-order chi connectivity index (χ1) is 13.8. The molecule has 7 atom stereocenters. The van der Waals surface area contributed by atoms with Crippen molar-refractivity contribution in [2.24, 2.45) is 23.7 Å². The Labute approximate surface area is 163 Å². The summed E-state index contributed by atoms with van der Waals surface area (Å²) in [7, 11) is 0. The molecule has 0 aromatic heterocycles. The Morgan fingerprint density at radius 2 is 1.68 bits per heavy atom. The first-order valence-corrected chi connectivity index (χ1v) is 10.2. The van der Waals surface area contributed by atoms with Crippen LogP contribution in [0.4, 0.5) is 0 Å². The minimum atomic E-state index is -0.415. The van der Waals surface area contributed by atoms with Gasteiger partial charge in [-0.05, 0) is 33.9 Å². The summed E-state index contributed by atoms with van der Waals surface area (Å²) in [6.45, 7) is 0. The van der Waals surface area contributed by atoms with Crippen LogP contribution in [0, 0.1) is 23.7 Å². The molecule has 1 saturated carbocycles. The lowest BCUT2D eigenvalue weighted by molar-refractivity contribution is -0.121. The summed E-state index contributed by atoms with van der Waals surface area (Å²) in [5.74, 6) is 1.06. The third kappa shape index (κ3) is 1.59. The molecule has 4 aliphatic carbocycles. The van der Waals surface area contributed by atoms with Gasteiger partial charge in [-0.3, -0.25) is 4.79 Å². The predicted molar refractivity (Wildman–Crippen MR) is 109 cm³/mol. The lowest BCUT2D eigenvalue weighted by atomic mass is 9.74. The molecule has 0 spiro atoms. The summed E-state index contributed by atoms with van der Waals surface area (Å²) < 4.78 is 7.04. The highest BCUT2D eigenvalue weighted by atomic mass is 16.5. The first-order valence-electron chi connectivity index (χ1n) is 10.2. The van der Waals surface area contributed by atoms with Crippen molar-refractivity contribution in [3.05, 3.63) is 96.1 Å². The van der Waals surface area contributed by atoms with Crippen molar-refractivity contribution in [2.75, 3.05) is 0 Å². The molecule has 2 bridgehead atoms. The molecule has 0 amide bonds. The zero-order chi connectivity index (χ0) is 18.5. The zero-order valence-electron chi connectivity index (χ0n) is 15.4. The summed E-state index contributed by atoms with van der Waals surface area (Å²) in [6, 6.07) is 13.2. The molecule has 2 aromatic rings. The smallest absolute Gasteiger partial charge is 0.160 e. The van der Waals surface area contributed by atoms with Crippen molar-refractivity contribution >= 4 is 16.6 Å². The van der Waals surface area contributed by atoms with E-state index < -0.39 is 5.60 Å². The van der Waals surface area contributed by atoms with Crippen LogP contribution in [0.3, 0.4) is 0 Å². The molecule has 136 valence electrons. The SMILES string of the molecule is O=C1C=CC=C[C@@H]2[C@@H]1[C@H]1C=CC=C[C@@]23O[C@@H]2c4cccc5cccc(c45)[C@@H]2C13. The summed E-state index contributed by atoms with van der Waals surface area (Å²) in [5, 5.41) is 2.66. The fourth-order valence-corrected chi connectivity index (χ4v) is 6.93. The van der Waals surface area contributed by atoms with Gasteiger partial charge in [-0.2, -0.15) is 0 Å². The third-order valence-corrected chi connectivity index (χ3v) is 7.76. The van der Waals surface area contributed by atoms with E-state index in [-0.39, 0.29) is 35.6 Å². The van der Waals surface area contributed by atoms with Crippen LogP contribution < -0.4 is 0 Å². The number of carbonyl (C=O) groups excluding carboxylic acids is 1. The summed E-state index contributed by atoms with van der Waals surface area (Å²) in [5.41, 5.74) is 2.31. The second-order valence-electron chi connectivity index (χ2n) is 8.76. The van der Waals surface area contributed by atoms with E-state index in [9.17, 15) is 4.79 Å². The van der Waals surface area contributed by atoms with Crippen LogP contribution in [0.25, 0.3) is 10.8 Å². The number of hydrogen-bond donors (Lipinski definition) is 0. The molecular formula is C26H20O2. The molecule has 0 N–H and O–H groups in total. The van der Waals surface area contributed by atoms with Crippen LogP contribution in [0.15, 0.2) is 85.0 Å². The van der Waals surface area contributed by atoms with Gasteiger partial charge in [0.1, 0.15) is 0 Å². The zero-order valence-corrected chi connectivity index (χ0v) is 15.4. The van der Waals surface area contributed by atoms with Gasteiger partial charge in [-0.1, -0.05) is 78.9 Å². The molecule has 1 unspecified atom stereocenters. The molecule has 28 heavy (non-hydrogen) atoms. The van der Waals surface area contributed by atoms with Crippen LogP contribution in [-0.2, 0) is 9.53 Å². The molecule has 1 saturated heterocycles. The summed E-state index contributed by atoms with van der Waals surface area (Å²) in [4.78, 5) is 13.0. The minimum absolute atomic E-state index is 0.0370. The Hall–Kier alpha value is -2.71. The van der Waals surface area contributed by atoms with Gasteiger partial charge in [-0.25, -0.2) is 0 Å². The Bertz CT molecular complexity index is 1160. The van der Waals surface area contributed by atoms with Crippen LogP contribution >= 0.6 is 0 Å². The van der Waals surface area contributed by atoms with E-state index in [0.717, 1.165) is 0 Å². The lowest BCUT2D eigenvalue weighted by Gasteiger charge is -2.33. The van der Waals surface area contributed by atoms with E-state index in [4.69, 9.17) is 4.74 Å². The second-order valence-corrected chi connectivity index (χ2v) is 8.76. The maximum Gasteiger partial charge on any atom is 0.160 e. The number of carbonyl (C=O) groups is 1. The van der Waals surface area contributed by atoms with Gasteiger partial charge < -0.3 is 4.74 Å². The molecule has 1 aliphatic heterocycles. The average molecular weight is 364 g/mol. The molecule has 1 heterocycles. The quantitative estimate of drug-likeness (QED) is 0.654. The van der Waals surface area contributed by atoms with Crippen LogP contribution in [0.2, 0.25) is 0 Å². The van der Waals surface area contributed by atoms with Crippen LogP contribution in [0.5, 0.6) is 0 Å². The number of rotatable bonds is 0. The van der Waals surface area contributed by atoms with E-state index in [0.29, 0.717) is 5.92 Å². The minimum Gasteiger partial charge on any atom is -0.361 e. The number of hydrogen-bond acceptors (Lipinski definition) is 2. The van der Waals surface area contributed by atoms with Crippen molar-refractivity contribution in [1.29, 1.82) is 0 Å². The van der Waals surface area contributed by atoms with Gasteiger partial charge >= 0.3 is 0 Å². The van der Waals surface area contributed by atoms with Crippen molar-refractivity contribution in [3.8, 4) is 0 Å². The first kappa shape index (κ1) is 15.2. The number of ether oxygens (including phenoxy) is 1. The fraction of sp³-hybridized carbons (Fsp3) is 0.269. The van der Waals surface area contributed by atoms with Crippen molar-refractivity contribution < 1.29 is 9.53 Å². The Kier molecular flexibility index (Phi) is 2.73. The number of ketones is 1. The van der Waals surface area contributed by atoms with E-state index in [2.05, 4.69) is 66.8 Å². The molecule has 7 rings (SSSR count). The largest absolute Gasteiger partial charge is 0.361 e. The highest BCUT2D eigenvalue weighted by Gasteiger charge is 2.69. The highest BCUT2D eigenvalue weighted by Crippen LogP contribution is 2.70. The Morgan fingerprint density at radius 3 is 2.57 bits per heavy atom. The molecule has 0 radical (unpaired) electrons. The predicted octanol–water partition coefficient (Wildman–Crippen LogP) is 5.05. The number of benzene rings is 2. The topological polar surface area (TPSA) is 26.3 Å². The maximum absolute atomic E-state index is 13.0. The van der Waals surface area contributed by atoms with Crippen LogP contribution in [-0.4, -0.2) is 11.4 Å². The Morgan fingerprint density at radius 1 is 0.857 bits per heavy atom. The maximum atomic E-state index is 13.0. The van der Waals surface area contributed by atoms with Crippen LogP contribution in [0.1, 0.15) is 23.1 Å². The van der Waals surface area contributed by atoms with Gasteiger partial charge in [0.25, 0.3) is 0 Å². The molecule has 5 aliphatic rings. The van der Waals surface area contributed by atoms with Gasteiger partial charge in [-0.15, -0.1) is 0 Å². The van der Waals surface area contributed by atoms with Crippen molar-refractivity contribution in [3.63, 3.8) is 0 Å². The van der Waals surface area contributed by atoms with E-state index in [1.165, 1.54) is 21.9 Å². The molecule has 2 fully saturated rings. The molecular weight excluding hydrogens is 344 g/mol. The van der Waals surface area contributed by atoms with Gasteiger partial charge in [0.2, 0.25) is 0 Å². The summed E-state index contributed by atoms with van der Waals surface area (Å²) >= 11 is 0. The number of fused-ring (bicyclic) bond motifs is 5. The van der Waals surface area contributed by atoms with E-state index in [1.807, 2.05) is 12.2 Å². The number of allylic oxidation sites excluding steroid dienone is 6. The van der Waals surface area contributed by atoms with Gasteiger partial charge in [0, 0.05) is 23.7 Å². The molecule has 2 aromatic carbocycles. The van der Waals surface area contributed by atoms with E-state index in [1.54, 1.807) is 6.08 Å². The standard InChI is InChI=1S/C26H20O2/c27-20-13-2-1-12-19-22(20)17-9-3-4-14-26(19)24(17)23-16-10-5-7-15-8-6-11-18(21(15)16)25(23)28-26/h1-14,17,19,22-25H/t17-,19-,22+,23-,24?,25-,26-/m1/s1. The average Bonchev–Trinajstić information content (AvgIpc) is 3.15. The highest BCUT2D eigenvalue weighted by molar-refractivity contribution is 5.95. The molecule has 2 nitrogen and oxygen atoms in total. The fourth-order valence-electron chi connectivity index (χ4n) is 6.93. The van der Waals surface area contributed by atoms with Gasteiger partial charge in [0.05, 0.1) is 11.7 Å². The normalized spacial score (nSPS) is 41.1. The monoisotopic (exact) mass is 364 g/mol. The molecule has 2 heteroatoms. The van der Waals surface area contributed by atoms with Gasteiger partial charge in [0.15, 0.2) is 5.78 Å².